The van der Waals surface area contributed by atoms with E-state index in [1.165, 1.54) is 0 Å². The van der Waals surface area contributed by atoms with Crippen molar-refractivity contribution in [3.05, 3.63) is 23.3 Å². The second-order valence-electron chi connectivity index (χ2n) is 5.44. The van der Waals surface area contributed by atoms with Crippen molar-refractivity contribution in [2.45, 2.75) is 32.3 Å². The molecule has 1 aromatic rings. The molecule has 2 rings (SSSR count). The molecule has 114 valence electrons. The van der Waals surface area contributed by atoms with Crippen molar-refractivity contribution < 1.29 is 24.1 Å². The summed E-state index contributed by atoms with van der Waals surface area (Å²) in [5.41, 5.74) is 1.16. The van der Waals surface area contributed by atoms with Crippen molar-refractivity contribution >= 4 is 12.0 Å². The van der Waals surface area contributed by atoms with Gasteiger partial charge in [-0.15, -0.1) is 0 Å². The standard InChI is InChI=1S/C16H20O5/c1-16(2)8-7-11-13(21-16)9-12(19-3)10(15(11)20-4)5-6-14(17)18/h7-9H,5-6H2,1-4H3,(H,17,18). The minimum Gasteiger partial charge on any atom is -0.496 e. The molecule has 1 N–H and O–H groups in total. The Morgan fingerprint density at radius 1 is 1.33 bits per heavy atom. The Morgan fingerprint density at radius 3 is 2.62 bits per heavy atom. The molecule has 5 nitrogen and oxygen atoms in total. The number of aliphatic carboxylic acids is 1. The molecule has 1 heterocycles. The van der Waals surface area contributed by atoms with E-state index in [2.05, 4.69) is 0 Å². The van der Waals surface area contributed by atoms with Gasteiger partial charge in [-0.25, -0.2) is 0 Å². The zero-order chi connectivity index (χ0) is 15.6. The van der Waals surface area contributed by atoms with Crippen LogP contribution in [0, 0.1) is 0 Å². The number of fused-ring (bicyclic) bond motifs is 1. The topological polar surface area (TPSA) is 65.0 Å². The van der Waals surface area contributed by atoms with Gasteiger partial charge in [0.05, 0.1) is 19.8 Å². The molecule has 0 atom stereocenters. The van der Waals surface area contributed by atoms with Gasteiger partial charge in [-0.05, 0) is 32.4 Å². The fraction of sp³-hybridized carbons (Fsp3) is 0.438. The average molecular weight is 292 g/mol. The molecule has 0 aliphatic carbocycles. The van der Waals surface area contributed by atoms with Crippen molar-refractivity contribution in [1.82, 2.24) is 0 Å². The summed E-state index contributed by atoms with van der Waals surface area (Å²) in [4.78, 5) is 10.8. The zero-order valence-corrected chi connectivity index (χ0v) is 12.7. The molecule has 0 saturated heterocycles. The van der Waals surface area contributed by atoms with Crippen LogP contribution in [-0.4, -0.2) is 30.9 Å². The molecule has 0 radical (unpaired) electrons. The Balaban J connectivity index is 2.53. The van der Waals surface area contributed by atoms with Crippen LogP contribution in [-0.2, 0) is 11.2 Å². The Hall–Kier alpha value is -2.17. The van der Waals surface area contributed by atoms with E-state index in [1.807, 2.05) is 26.0 Å². The van der Waals surface area contributed by atoms with Crippen LogP contribution in [0.15, 0.2) is 12.1 Å². The van der Waals surface area contributed by atoms with E-state index < -0.39 is 11.6 Å². The summed E-state index contributed by atoms with van der Waals surface area (Å²) in [7, 11) is 3.11. The second kappa shape index (κ2) is 5.68. The third-order valence-electron chi connectivity index (χ3n) is 3.38. The normalized spacial score (nSPS) is 15.0. The summed E-state index contributed by atoms with van der Waals surface area (Å²) >= 11 is 0. The van der Waals surface area contributed by atoms with Gasteiger partial charge in [0.2, 0.25) is 0 Å². The smallest absolute Gasteiger partial charge is 0.303 e. The predicted octanol–water partition coefficient (Wildman–Crippen LogP) is 2.91. The number of benzene rings is 1. The SMILES string of the molecule is COc1cc2c(c(OC)c1CCC(=O)O)C=CC(C)(C)O2. The van der Waals surface area contributed by atoms with E-state index in [0.29, 0.717) is 23.7 Å². The molecule has 5 heteroatoms. The van der Waals surface area contributed by atoms with E-state index >= 15 is 0 Å². The Labute approximate surface area is 124 Å². The number of hydrogen-bond acceptors (Lipinski definition) is 4. The van der Waals surface area contributed by atoms with Crippen molar-refractivity contribution in [1.29, 1.82) is 0 Å². The molecule has 0 aromatic heterocycles. The van der Waals surface area contributed by atoms with Crippen LogP contribution in [0.2, 0.25) is 0 Å². The van der Waals surface area contributed by atoms with Crippen LogP contribution < -0.4 is 14.2 Å². The maximum atomic E-state index is 10.8. The van der Waals surface area contributed by atoms with E-state index in [1.54, 1.807) is 20.3 Å². The predicted molar refractivity (Wildman–Crippen MR) is 79.2 cm³/mol. The van der Waals surface area contributed by atoms with Gasteiger partial charge < -0.3 is 19.3 Å². The summed E-state index contributed by atoms with van der Waals surface area (Å²) in [6.07, 6.45) is 4.25. The number of carbonyl (C=O) groups is 1. The minimum absolute atomic E-state index is 0.0154. The zero-order valence-electron chi connectivity index (χ0n) is 12.7. The maximum Gasteiger partial charge on any atom is 0.303 e. The van der Waals surface area contributed by atoms with E-state index in [4.69, 9.17) is 19.3 Å². The van der Waals surface area contributed by atoms with Gasteiger partial charge in [-0.2, -0.15) is 0 Å². The molecule has 0 fully saturated rings. The summed E-state index contributed by atoms with van der Waals surface area (Å²) < 4.78 is 16.8. The van der Waals surface area contributed by atoms with Crippen LogP contribution in [0.4, 0.5) is 0 Å². The quantitative estimate of drug-likeness (QED) is 0.904. The lowest BCUT2D eigenvalue weighted by Gasteiger charge is -2.30. The summed E-state index contributed by atoms with van der Waals surface area (Å²) in [5.74, 6) is 1.01. The number of rotatable bonds is 5. The summed E-state index contributed by atoms with van der Waals surface area (Å²) in [5, 5.41) is 8.89. The van der Waals surface area contributed by atoms with Crippen molar-refractivity contribution in [2.75, 3.05) is 14.2 Å². The van der Waals surface area contributed by atoms with Crippen LogP contribution in [0.5, 0.6) is 17.2 Å². The first kappa shape index (κ1) is 15.2. The first-order valence-corrected chi connectivity index (χ1v) is 6.76. The Bertz CT molecular complexity index is 587. The van der Waals surface area contributed by atoms with E-state index in [9.17, 15) is 4.79 Å². The van der Waals surface area contributed by atoms with Crippen LogP contribution in [0.25, 0.3) is 6.08 Å². The molecule has 0 spiro atoms. The maximum absolute atomic E-state index is 10.8. The van der Waals surface area contributed by atoms with Gasteiger partial charge in [-0.1, -0.05) is 0 Å². The summed E-state index contributed by atoms with van der Waals surface area (Å²) in [6, 6.07) is 1.79. The Morgan fingerprint density at radius 2 is 2.05 bits per heavy atom. The van der Waals surface area contributed by atoms with Crippen molar-refractivity contribution in [3.8, 4) is 17.2 Å². The molecule has 0 unspecified atom stereocenters. The van der Waals surface area contributed by atoms with Crippen molar-refractivity contribution in [3.63, 3.8) is 0 Å². The molecule has 1 aliphatic rings. The lowest BCUT2D eigenvalue weighted by Crippen LogP contribution is -2.27. The highest BCUT2D eigenvalue weighted by atomic mass is 16.5. The molecule has 0 amide bonds. The number of carboxylic acids is 1. The van der Waals surface area contributed by atoms with Gasteiger partial charge >= 0.3 is 5.97 Å². The fourth-order valence-electron chi connectivity index (χ4n) is 2.40. The molecule has 21 heavy (non-hydrogen) atoms. The first-order chi connectivity index (χ1) is 9.88. The van der Waals surface area contributed by atoms with Gasteiger partial charge in [-0.3, -0.25) is 4.79 Å². The van der Waals surface area contributed by atoms with Crippen LogP contribution >= 0.6 is 0 Å². The molecule has 1 aromatic carbocycles. The van der Waals surface area contributed by atoms with E-state index in [0.717, 1.165) is 11.1 Å². The number of methoxy groups -OCH3 is 2. The molecule has 0 bridgehead atoms. The van der Waals surface area contributed by atoms with E-state index in [-0.39, 0.29) is 6.42 Å². The molecule has 1 aliphatic heterocycles. The number of hydrogen-bond donors (Lipinski definition) is 1. The number of carboxylic acid groups (broad SMARTS) is 1. The minimum atomic E-state index is -0.857. The highest BCUT2D eigenvalue weighted by Gasteiger charge is 2.27. The summed E-state index contributed by atoms with van der Waals surface area (Å²) in [6.45, 7) is 3.92. The van der Waals surface area contributed by atoms with Gasteiger partial charge in [0.25, 0.3) is 0 Å². The largest absolute Gasteiger partial charge is 0.496 e. The lowest BCUT2D eigenvalue weighted by molar-refractivity contribution is -0.136. The van der Waals surface area contributed by atoms with Gasteiger partial charge in [0, 0.05) is 18.1 Å². The van der Waals surface area contributed by atoms with Crippen LogP contribution in [0.1, 0.15) is 31.4 Å². The highest BCUT2D eigenvalue weighted by molar-refractivity contribution is 5.73. The first-order valence-electron chi connectivity index (χ1n) is 6.76. The number of ether oxygens (including phenoxy) is 3. The molecule has 0 saturated carbocycles. The highest BCUT2D eigenvalue weighted by Crippen LogP contribution is 2.44. The molecular weight excluding hydrogens is 272 g/mol. The van der Waals surface area contributed by atoms with Gasteiger partial charge in [0.1, 0.15) is 22.8 Å². The third kappa shape index (κ3) is 3.12. The lowest BCUT2D eigenvalue weighted by atomic mass is 9.97. The third-order valence-corrected chi connectivity index (χ3v) is 3.38. The van der Waals surface area contributed by atoms with Crippen molar-refractivity contribution in [2.24, 2.45) is 0 Å². The average Bonchev–Trinajstić information content (AvgIpc) is 2.42. The van der Waals surface area contributed by atoms with Gasteiger partial charge in [0.15, 0.2) is 0 Å². The monoisotopic (exact) mass is 292 g/mol. The fourth-order valence-corrected chi connectivity index (χ4v) is 2.40. The molecular formula is C16H20O5. The van der Waals surface area contributed by atoms with Crippen LogP contribution in [0.3, 0.4) is 0 Å². The Kier molecular flexibility index (Phi) is 4.11. The second-order valence-corrected chi connectivity index (χ2v) is 5.44.